The van der Waals surface area contributed by atoms with E-state index in [0.717, 1.165) is 6.16 Å². The zero-order valence-electron chi connectivity index (χ0n) is 13.6. The molecule has 0 aliphatic carbocycles. The van der Waals surface area contributed by atoms with E-state index in [1.54, 1.807) is 22.1 Å². The lowest BCUT2D eigenvalue weighted by atomic mass is 10.1. The van der Waals surface area contributed by atoms with Crippen molar-refractivity contribution in [2.24, 2.45) is 5.73 Å². The topological polar surface area (TPSA) is 82.2 Å². The quantitative estimate of drug-likeness (QED) is 0.632. The molecule has 4 N–H and O–H groups in total. The summed E-state index contributed by atoms with van der Waals surface area (Å²) < 4.78 is 5.91. The van der Waals surface area contributed by atoms with Crippen LogP contribution < -0.4 is 5.73 Å². The van der Waals surface area contributed by atoms with E-state index >= 15 is 0 Å². The fraction of sp³-hybridized carbons (Fsp3) is 0.667. The zero-order valence-corrected chi connectivity index (χ0v) is 14.5. The van der Waals surface area contributed by atoms with Gasteiger partial charge >= 0.3 is 0 Å². The van der Waals surface area contributed by atoms with Crippen molar-refractivity contribution in [1.82, 2.24) is 9.80 Å². The molecule has 0 aromatic rings. The molecular weight excluding hydrogens is 301 g/mol. The molecule has 1 saturated heterocycles. The van der Waals surface area contributed by atoms with Crippen molar-refractivity contribution >= 4 is 13.2 Å². The molecule has 126 valence electrons. The second kappa shape index (κ2) is 6.38. The van der Waals surface area contributed by atoms with Gasteiger partial charge in [0.2, 0.25) is 0 Å². The number of aliphatic hydroxyl groups is 2. The summed E-state index contributed by atoms with van der Waals surface area (Å²) in [4.78, 5) is 3.52. The van der Waals surface area contributed by atoms with Crippen molar-refractivity contribution in [2.75, 3.05) is 26.5 Å². The lowest BCUT2D eigenvalue weighted by Crippen LogP contribution is -2.50. The van der Waals surface area contributed by atoms with Gasteiger partial charge in [0.25, 0.3) is 0 Å². The summed E-state index contributed by atoms with van der Waals surface area (Å²) in [5.41, 5.74) is 5.91. The highest BCUT2D eigenvalue weighted by Crippen LogP contribution is 2.38. The molecule has 2 aliphatic rings. The first-order chi connectivity index (χ1) is 10.1. The van der Waals surface area contributed by atoms with E-state index in [-0.39, 0.29) is 12.3 Å². The van der Waals surface area contributed by atoms with Crippen molar-refractivity contribution in [2.45, 2.75) is 37.1 Å². The van der Waals surface area contributed by atoms with Crippen LogP contribution in [0, 0.1) is 0 Å². The van der Waals surface area contributed by atoms with E-state index in [1.165, 1.54) is 0 Å². The molecule has 2 aliphatic heterocycles. The van der Waals surface area contributed by atoms with Crippen LogP contribution in [0.5, 0.6) is 0 Å². The van der Waals surface area contributed by atoms with Gasteiger partial charge in [0.05, 0.1) is 12.3 Å². The fourth-order valence-corrected chi connectivity index (χ4v) is 3.61. The summed E-state index contributed by atoms with van der Waals surface area (Å²) in [5, 5.41) is 20.6. The van der Waals surface area contributed by atoms with Crippen LogP contribution in [0.4, 0.5) is 0 Å². The van der Waals surface area contributed by atoms with Gasteiger partial charge in [0, 0.05) is 13.2 Å². The molecule has 2 rings (SSSR count). The number of hydrogen-bond donors (Lipinski definition) is 3. The van der Waals surface area contributed by atoms with Gasteiger partial charge in [0.1, 0.15) is 18.0 Å². The van der Waals surface area contributed by atoms with Crippen molar-refractivity contribution in [3.05, 3.63) is 24.7 Å². The monoisotopic (exact) mass is 329 g/mol. The van der Waals surface area contributed by atoms with Crippen LogP contribution >= 0.6 is 6.89 Å². The molecule has 0 aromatic heterocycles. The van der Waals surface area contributed by atoms with Crippen molar-refractivity contribution in [1.29, 1.82) is 0 Å². The predicted molar refractivity (Wildman–Crippen MR) is 91.9 cm³/mol. The Bertz CT molecular complexity index is 504. The van der Waals surface area contributed by atoms with E-state index in [4.69, 9.17) is 10.5 Å². The normalized spacial score (nSPS) is 36.3. The molecular formula is C15H28N3O3P. The van der Waals surface area contributed by atoms with Gasteiger partial charge in [-0.2, -0.15) is 0 Å². The number of nitrogens with zero attached hydrogens (tertiary/aromatic N) is 2. The molecule has 1 fully saturated rings. The predicted octanol–water partition coefficient (Wildman–Crippen LogP) is 0.0495. The third kappa shape index (κ3) is 3.58. The first-order valence-corrected chi connectivity index (χ1v) is 10.5. The van der Waals surface area contributed by atoms with Crippen molar-refractivity contribution in [3.8, 4) is 0 Å². The Labute approximate surface area is 132 Å². The third-order valence-corrected chi connectivity index (χ3v) is 5.70. The van der Waals surface area contributed by atoms with Crippen LogP contribution in [0.3, 0.4) is 0 Å². The molecule has 2 heterocycles. The van der Waals surface area contributed by atoms with Gasteiger partial charge in [-0.25, -0.2) is 0 Å². The standard InChI is InChI=1S/C15H28N3O3P/c1-10-17(2)12(16)6-8-18(10)15-14(20)13(19)11(21-15)7-9-22(3,4)5/h6,8,11-15,19-20H,1,3,7,9,16H2,2,4-5H3/t11-,12?,13-,14-,15-/m1/s1. The van der Waals surface area contributed by atoms with Gasteiger partial charge < -0.3 is 30.5 Å². The molecule has 7 heteroatoms. The molecule has 0 aromatic carbocycles. The maximum absolute atomic E-state index is 10.3. The molecule has 0 saturated carbocycles. The summed E-state index contributed by atoms with van der Waals surface area (Å²) in [6, 6.07) is 0. The van der Waals surface area contributed by atoms with Crippen molar-refractivity contribution < 1.29 is 14.9 Å². The summed E-state index contributed by atoms with van der Waals surface area (Å²) in [6.07, 6.45) is 6.16. The van der Waals surface area contributed by atoms with E-state index in [2.05, 4.69) is 26.2 Å². The second-order valence-electron chi connectivity index (χ2n) is 6.76. The molecule has 0 spiro atoms. The van der Waals surface area contributed by atoms with Crippen LogP contribution in [0.2, 0.25) is 0 Å². The Morgan fingerprint density at radius 2 is 2.00 bits per heavy atom. The Balaban J connectivity index is 2.08. The first kappa shape index (κ1) is 17.6. The molecule has 1 unspecified atom stereocenters. The Morgan fingerprint density at radius 1 is 1.36 bits per heavy atom. The van der Waals surface area contributed by atoms with E-state index < -0.39 is 25.3 Å². The summed E-state index contributed by atoms with van der Waals surface area (Å²) in [7, 11) is 1.83. The highest BCUT2D eigenvalue weighted by atomic mass is 31.2. The van der Waals surface area contributed by atoms with Gasteiger partial charge in [-0.3, -0.25) is 0 Å². The number of rotatable bonds is 4. The van der Waals surface area contributed by atoms with E-state index in [0.29, 0.717) is 12.2 Å². The minimum absolute atomic E-state index is 0.250. The van der Waals surface area contributed by atoms with Crippen LogP contribution in [0.1, 0.15) is 6.42 Å². The lowest BCUT2D eigenvalue weighted by Gasteiger charge is -2.40. The summed E-state index contributed by atoms with van der Waals surface area (Å²) in [6.45, 7) is 7.09. The van der Waals surface area contributed by atoms with Crippen molar-refractivity contribution in [3.63, 3.8) is 0 Å². The maximum atomic E-state index is 10.3. The largest absolute Gasteiger partial charge is 0.388 e. The number of nitrogens with two attached hydrogens (primary N) is 1. The molecule has 0 amide bonds. The molecule has 0 radical (unpaired) electrons. The second-order valence-corrected chi connectivity index (χ2v) is 11.1. The average Bonchev–Trinajstić information content (AvgIpc) is 2.70. The summed E-state index contributed by atoms with van der Waals surface area (Å²) >= 11 is 0. The Morgan fingerprint density at radius 3 is 2.59 bits per heavy atom. The third-order valence-electron chi connectivity index (χ3n) is 4.23. The van der Waals surface area contributed by atoms with Crippen LogP contribution in [-0.4, -0.2) is 83.6 Å². The minimum Gasteiger partial charge on any atom is -0.388 e. The van der Waals surface area contributed by atoms with Gasteiger partial charge in [0.15, 0.2) is 6.23 Å². The molecule has 5 atom stereocenters. The summed E-state index contributed by atoms with van der Waals surface area (Å²) in [5.74, 6) is 0.636. The molecule has 6 nitrogen and oxygen atoms in total. The highest BCUT2D eigenvalue weighted by Gasteiger charge is 2.46. The first-order valence-electron chi connectivity index (χ1n) is 7.45. The van der Waals surface area contributed by atoms with Gasteiger partial charge in [-0.05, 0) is 32.0 Å². The smallest absolute Gasteiger partial charge is 0.164 e. The lowest BCUT2D eigenvalue weighted by molar-refractivity contribution is -0.0692. The number of ether oxygens (including phenoxy) is 1. The molecule has 0 bridgehead atoms. The highest BCUT2D eigenvalue weighted by molar-refractivity contribution is 7.72. The van der Waals surface area contributed by atoms with E-state index in [9.17, 15) is 10.2 Å². The van der Waals surface area contributed by atoms with Crippen LogP contribution in [-0.2, 0) is 4.74 Å². The zero-order chi connectivity index (χ0) is 16.7. The average molecular weight is 329 g/mol. The number of likely N-dealkylation sites (N-methyl/N-ethyl adjacent to an activating group) is 1. The van der Waals surface area contributed by atoms with Crippen LogP contribution in [0.15, 0.2) is 24.7 Å². The minimum atomic E-state index is -1.19. The number of hydrogen-bond acceptors (Lipinski definition) is 6. The fourth-order valence-electron chi connectivity index (χ4n) is 2.66. The number of aliphatic hydroxyl groups excluding tert-OH is 2. The SMILES string of the molecule is C=C1N(C)C(N)C=CN1[C@@H]1O[C@H](CCP(=C)(C)C)[C@@H](O)[C@H]1O. The molecule has 22 heavy (non-hydrogen) atoms. The van der Waals surface area contributed by atoms with E-state index in [1.807, 2.05) is 7.05 Å². The Kier molecular flexibility index (Phi) is 5.09. The maximum Gasteiger partial charge on any atom is 0.164 e. The van der Waals surface area contributed by atoms with Gasteiger partial charge in [-0.1, -0.05) is 6.58 Å². The van der Waals surface area contributed by atoms with Gasteiger partial charge in [-0.15, -0.1) is 13.2 Å². The van der Waals surface area contributed by atoms with Crippen LogP contribution in [0.25, 0.3) is 0 Å². The Hall–Kier alpha value is -0.780.